The van der Waals surface area contributed by atoms with Crippen LogP contribution in [0.25, 0.3) is 10.9 Å². The Kier molecular flexibility index (Phi) is 5.27. The van der Waals surface area contributed by atoms with E-state index in [0.29, 0.717) is 24.4 Å². The van der Waals surface area contributed by atoms with E-state index in [-0.39, 0.29) is 25.1 Å². The summed E-state index contributed by atoms with van der Waals surface area (Å²) in [5.74, 6) is -0.238. The van der Waals surface area contributed by atoms with Crippen LogP contribution < -0.4 is 5.32 Å². The number of ether oxygens (including phenoxy) is 1. The van der Waals surface area contributed by atoms with E-state index in [1.54, 1.807) is 0 Å². The molecule has 140 valence electrons. The molecule has 0 saturated carbocycles. The van der Waals surface area contributed by atoms with Crippen LogP contribution in [-0.4, -0.2) is 62.2 Å². The highest BCUT2D eigenvalue weighted by molar-refractivity contribution is 7.88. The molecule has 1 fully saturated rings. The minimum Gasteiger partial charge on any atom is -0.374 e. The zero-order valence-corrected chi connectivity index (χ0v) is 16.0. The molecule has 8 heteroatoms. The molecule has 2 aromatic rings. The third kappa shape index (κ3) is 4.03. The van der Waals surface area contributed by atoms with Crippen molar-refractivity contribution in [2.45, 2.75) is 20.0 Å². The molecule has 1 unspecified atom stereocenters. The van der Waals surface area contributed by atoms with Gasteiger partial charge in [0, 0.05) is 25.0 Å². The number of pyridine rings is 1. The van der Waals surface area contributed by atoms with Gasteiger partial charge in [-0.15, -0.1) is 0 Å². The lowest BCUT2D eigenvalue weighted by atomic mass is 10.1. The molecule has 1 saturated heterocycles. The van der Waals surface area contributed by atoms with Gasteiger partial charge in [0.15, 0.2) is 0 Å². The third-order valence-electron chi connectivity index (χ3n) is 4.54. The van der Waals surface area contributed by atoms with Gasteiger partial charge in [0.2, 0.25) is 10.0 Å². The predicted molar refractivity (Wildman–Crippen MR) is 99.7 cm³/mol. The fourth-order valence-corrected chi connectivity index (χ4v) is 3.93. The minimum atomic E-state index is -3.25. The number of benzene rings is 1. The van der Waals surface area contributed by atoms with E-state index in [0.717, 1.165) is 16.5 Å². The summed E-state index contributed by atoms with van der Waals surface area (Å²) in [7, 11) is -3.25. The summed E-state index contributed by atoms with van der Waals surface area (Å²) in [6.45, 7) is 4.95. The average molecular weight is 377 g/mol. The molecule has 1 aromatic heterocycles. The SMILES string of the molecule is Cc1nc2c(C)cccc2cc1C(=O)NCC1CN(S(C)(=O)=O)CCO1. The summed E-state index contributed by atoms with van der Waals surface area (Å²) in [5.41, 5.74) is 3.13. The maximum atomic E-state index is 12.6. The van der Waals surface area contributed by atoms with Crippen LogP contribution in [0.4, 0.5) is 0 Å². The van der Waals surface area contributed by atoms with Crippen LogP contribution in [0, 0.1) is 13.8 Å². The normalized spacial score (nSPS) is 18.8. The Morgan fingerprint density at radius 1 is 1.38 bits per heavy atom. The summed E-state index contributed by atoms with van der Waals surface area (Å²) in [6.07, 6.45) is 0.818. The van der Waals surface area contributed by atoms with Crippen LogP contribution in [0.2, 0.25) is 0 Å². The second kappa shape index (κ2) is 7.30. The Labute approximate surface area is 153 Å². The fourth-order valence-electron chi connectivity index (χ4n) is 3.09. The minimum absolute atomic E-state index is 0.238. The van der Waals surface area contributed by atoms with Gasteiger partial charge in [0.05, 0.1) is 35.7 Å². The van der Waals surface area contributed by atoms with E-state index in [4.69, 9.17) is 4.74 Å². The van der Waals surface area contributed by atoms with Crippen molar-refractivity contribution in [1.29, 1.82) is 0 Å². The number of carbonyl (C=O) groups is 1. The molecule has 0 bridgehead atoms. The lowest BCUT2D eigenvalue weighted by molar-refractivity contribution is 0.000433. The standard InChI is InChI=1S/C18H23N3O4S/c1-12-5-4-6-14-9-16(13(2)20-17(12)14)18(22)19-10-15-11-21(7-8-25-15)26(3,23)24/h4-6,9,15H,7-8,10-11H2,1-3H3,(H,19,22). The molecule has 1 aliphatic heterocycles. The van der Waals surface area contributed by atoms with Gasteiger partial charge in [0.25, 0.3) is 5.91 Å². The van der Waals surface area contributed by atoms with Gasteiger partial charge in [-0.05, 0) is 25.5 Å². The molecule has 1 atom stereocenters. The van der Waals surface area contributed by atoms with Gasteiger partial charge >= 0.3 is 0 Å². The number of fused-ring (bicyclic) bond motifs is 1. The molecule has 1 aliphatic rings. The molecule has 1 N–H and O–H groups in total. The van der Waals surface area contributed by atoms with Crippen molar-refractivity contribution in [2.75, 3.05) is 32.5 Å². The Bertz CT molecular complexity index is 943. The fraction of sp³-hybridized carbons (Fsp3) is 0.444. The Hall–Kier alpha value is -2.03. The number of nitrogens with one attached hydrogen (secondary N) is 1. The summed E-state index contributed by atoms with van der Waals surface area (Å²) in [4.78, 5) is 17.1. The molecule has 0 radical (unpaired) electrons. The van der Waals surface area contributed by atoms with Crippen LogP contribution in [0.5, 0.6) is 0 Å². The molecule has 0 aliphatic carbocycles. The van der Waals surface area contributed by atoms with Crippen LogP contribution in [0.15, 0.2) is 24.3 Å². The maximum absolute atomic E-state index is 12.6. The molecule has 2 heterocycles. The van der Waals surface area contributed by atoms with E-state index in [1.807, 2.05) is 38.1 Å². The number of nitrogens with zero attached hydrogens (tertiary/aromatic N) is 2. The van der Waals surface area contributed by atoms with E-state index >= 15 is 0 Å². The number of hydrogen-bond acceptors (Lipinski definition) is 5. The first-order valence-corrected chi connectivity index (χ1v) is 10.3. The summed E-state index contributed by atoms with van der Waals surface area (Å²) in [5, 5.41) is 3.75. The molecule has 3 rings (SSSR count). The second-order valence-electron chi connectivity index (χ2n) is 6.59. The number of sulfonamides is 1. The Morgan fingerprint density at radius 2 is 2.15 bits per heavy atom. The van der Waals surface area contributed by atoms with E-state index in [9.17, 15) is 13.2 Å². The Morgan fingerprint density at radius 3 is 2.88 bits per heavy atom. The van der Waals surface area contributed by atoms with Gasteiger partial charge in [-0.3, -0.25) is 9.78 Å². The lowest BCUT2D eigenvalue weighted by Gasteiger charge is -2.31. The first kappa shape index (κ1) is 18.8. The van der Waals surface area contributed by atoms with Crippen molar-refractivity contribution in [3.8, 4) is 0 Å². The predicted octanol–water partition coefficient (Wildman–Crippen LogP) is 1.24. The quantitative estimate of drug-likeness (QED) is 0.866. The smallest absolute Gasteiger partial charge is 0.253 e. The third-order valence-corrected chi connectivity index (χ3v) is 5.81. The zero-order valence-electron chi connectivity index (χ0n) is 15.2. The van der Waals surface area contributed by atoms with E-state index in [2.05, 4.69) is 10.3 Å². The molecule has 1 amide bonds. The molecule has 0 spiro atoms. The first-order valence-electron chi connectivity index (χ1n) is 8.47. The summed E-state index contributed by atoms with van der Waals surface area (Å²) < 4.78 is 30.3. The number of aromatic nitrogens is 1. The van der Waals surface area contributed by atoms with Crippen molar-refractivity contribution < 1.29 is 17.9 Å². The van der Waals surface area contributed by atoms with E-state index in [1.165, 1.54) is 10.6 Å². The van der Waals surface area contributed by atoms with E-state index < -0.39 is 10.0 Å². The second-order valence-corrected chi connectivity index (χ2v) is 8.57. The topological polar surface area (TPSA) is 88.6 Å². The molecular formula is C18H23N3O4S. The van der Waals surface area contributed by atoms with Crippen molar-refractivity contribution in [3.63, 3.8) is 0 Å². The highest BCUT2D eigenvalue weighted by Crippen LogP contribution is 2.19. The zero-order chi connectivity index (χ0) is 18.9. The number of hydrogen-bond donors (Lipinski definition) is 1. The number of aryl methyl sites for hydroxylation is 2. The lowest BCUT2D eigenvalue weighted by Crippen LogP contribution is -2.49. The number of amides is 1. The van der Waals surface area contributed by atoms with Gasteiger partial charge in [-0.2, -0.15) is 4.31 Å². The monoisotopic (exact) mass is 377 g/mol. The number of rotatable bonds is 4. The van der Waals surface area contributed by atoms with Crippen molar-refractivity contribution in [3.05, 3.63) is 41.1 Å². The largest absolute Gasteiger partial charge is 0.374 e. The van der Waals surface area contributed by atoms with Gasteiger partial charge in [0.1, 0.15) is 0 Å². The average Bonchev–Trinajstić information content (AvgIpc) is 2.59. The van der Waals surface area contributed by atoms with Crippen LogP contribution in [-0.2, 0) is 14.8 Å². The van der Waals surface area contributed by atoms with Crippen LogP contribution in [0.3, 0.4) is 0 Å². The first-order chi connectivity index (χ1) is 12.3. The number of para-hydroxylation sites is 1. The highest BCUT2D eigenvalue weighted by Gasteiger charge is 2.27. The van der Waals surface area contributed by atoms with Crippen molar-refractivity contribution in [1.82, 2.24) is 14.6 Å². The highest BCUT2D eigenvalue weighted by atomic mass is 32.2. The number of carbonyl (C=O) groups excluding carboxylic acids is 1. The molecule has 26 heavy (non-hydrogen) atoms. The summed E-state index contributed by atoms with van der Waals surface area (Å²) in [6, 6.07) is 7.69. The maximum Gasteiger partial charge on any atom is 0.253 e. The van der Waals surface area contributed by atoms with Crippen molar-refractivity contribution in [2.24, 2.45) is 0 Å². The van der Waals surface area contributed by atoms with Gasteiger partial charge < -0.3 is 10.1 Å². The molecular weight excluding hydrogens is 354 g/mol. The summed E-state index contributed by atoms with van der Waals surface area (Å²) >= 11 is 0. The van der Waals surface area contributed by atoms with Crippen LogP contribution in [0.1, 0.15) is 21.6 Å². The van der Waals surface area contributed by atoms with Crippen molar-refractivity contribution >= 4 is 26.8 Å². The number of morpholine rings is 1. The molecule has 1 aromatic carbocycles. The Balaban J connectivity index is 1.70. The van der Waals surface area contributed by atoms with Gasteiger partial charge in [-0.25, -0.2) is 8.42 Å². The molecule has 7 nitrogen and oxygen atoms in total. The van der Waals surface area contributed by atoms with Crippen LogP contribution >= 0.6 is 0 Å². The van der Waals surface area contributed by atoms with Gasteiger partial charge in [-0.1, -0.05) is 18.2 Å².